The number of ether oxygens (including phenoxy) is 1. The summed E-state index contributed by atoms with van der Waals surface area (Å²) in [6.07, 6.45) is 7.93. The molecule has 4 aliphatic carbocycles. The van der Waals surface area contributed by atoms with Crippen LogP contribution in [0.4, 0.5) is 5.00 Å². The third kappa shape index (κ3) is 3.66. The highest BCUT2D eigenvalue weighted by atomic mass is 32.1. The number of nitrogens with zero attached hydrogens (tertiary/aromatic N) is 1. The Morgan fingerprint density at radius 3 is 2.37 bits per heavy atom. The second-order valence-corrected chi connectivity index (χ2v) is 10.1. The van der Waals surface area contributed by atoms with E-state index in [4.69, 9.17) is 4.74 Å². The number of thiophene rings is 1. The topological polar surface area (TPSA) is 58.6 Å². The lowest BCUT2D eigenvalue weighted by Crippen LogP contribution is -2.59. The second-order valence-electron chi connectivity index (χ2n) is 8.87. The molecule has 5 rings (SSSR count). The maximum absolute atomic E-state index is 12.8. The molecule has 4 saturated carbocycles. The van der Waals surface area contributed by atoms with Crippen molar-refractivity contribution < 1.29 is 14.3 Å². The standard InChI is InChI=1S/C21H30N2O3S/c1-4-26-20(25)17-5-13(2)27-19(17)22-18(24)12-23(3)21-9-14-6-15(10-21)8-16(7-14)11-21/h5,14-16H,4,6-12H2,1-3H3,(H,22,24). The normalized spacial score (nSPS) is 31.3. The molecular weight excluding hydrogens is 360 g/mol. The van der Waals surface area contributed by atoms with E-state index in [1.165, 1.54) is 49.9 Å². The van der Waals surface area contributed by atoms with E-state index in [2.05, 4.69) is 17.3 Å². The zero-order valence-electron chi connectivity index (χ0n) is 16.5. The molecule has 1 aromatic heterocycles. The van der Waals surface area contributed by atoms with Gasteiger partial charge in [0.1, 0.15) is 5.00 Å². The molecular formula is C21H30N2O3S. The van der Waals surface area contributed by atoms with Gasteiger partial charge in [0, 0.05) is 10.4 Å². The highest BCUT2D eigenvalue weighted by Gasteiger charge is 2.52. The van der Waals surface area contributed by atoms with E-state index in [1.54, 1.807) is 13.0 Å². The largest absolute Gasteiger partial charge is 0.462 e. The lowest BCUT2D eigenvalue weighted by molar-refractivity contribution is -0.123. The molecule has 0 saturated heterocycles. The monoisotopic (exact) mass is 390 g/mol. The summed E-state index contributed by atoms with van der Waals surface area (Å²) in [5, 5.41) is 3.58. The van der Waals surface area contributed by atoms with E-state index in [1.807, 2.05) is 6.92 Å². The van der Waals surface area contributed by atoms with Crippen molar-refractivity contribution in [1.29, 1.82) is 0 Å². The molecule has 0 spiro atoms. The van der Waals surface area contributed by atoms with Crippen molar-refractivity contribution in [2.24, 2.45) is 17.8 Å². The van der Waals surface area contributed by atoms with Crippen molar-refractivity contribution in [1.82, 2.24) is 4.90 Å². The molecule has 4 bridgehead atoms. The van der Waals surface area contributed by atoms with Gasteiger partial charge in [0.2, 0.25) is 5.91 Å². The molecule has 5 nitrogen and oxygen atoms in total. The van der Waals surface area contributed by atoms with E-state index in [0.29, 0.717) is 23.7 Å². The van der Waals surface area contributed by atoms with Crippen LogP contribution in [0.15, 0.2) is 6.07 Å². The summed E-state index contributed by atoms with van der Waals surface area (Å²) in [6.45, 7) is 4.43. The number of aryl methyl sites for hydroxylation is 1. The van der Waals surface area contributed by atoms with E-state index in [0.717, 1.165) is 22.6 Å². The molecule has 4 fully saturated rings. The molecule has 0 aliphatic heterocycles. The summed E-state index contributed by atoms with van der Waals surface area (Å²) in [5.41, 5.74) is 0.673. The minimum absolute atomic E-state index is 0.0411. The van der Waals surface area contributed by atoms with Gasteiger partial charge in [0.15, 0.2) is 0 Å². The Morgan fingerprint density at radius 1 is 1.22 bits per heavy atom. The fourth-order valence-electron chi connectivity index (χ4n) is 6.05. The fourth-order valence-corrected chi connectivity index (χ4v) is 6.97. The van der Waals surface area contributed by atoms with Gasteiger partial charge < -0.3 is 10.1 Å². The van der Waals surface area contributed by atoms with Crippen molar-refractivity contribution in [3.63, 3.8) is 0 Å². The average Bonchev–Trinajstić information content (AvgIpc) is 2.94. The molecule has 0 aromatic carbocycles. The van der Waals surface area contributed by atoms with Crippen LogP contribution in [-0.2, 0) is 9.53 Å². The van der Waals surface area contributed by atoms with Crippen LogP contribution in [-0.4, -0.2) is 42.5 Å². The molecule has 4 aliphatic rings. The Bertz CT molecular complexity index is 707. The zero-order chi connectivity index (χ0) is 19.2. The maximum Gasteiger partial charge on any atom is 0.341 e. The third-order valence-corrected chi connectivity index (χ3v) is 7.77. The van der Waals surface area contributed by atoms with Gasteiger partial charge in [-0.3, -0.25) is 9.69 Å². The van der Waals surface area contributed by atoms with Crippen molar-refractivity contribution in [2.75, 3.05) is 25.5 Å². The number of esters is 1. The van der Waals surface area contributed by atoms with Gasteiger partial charge in [-0.15, -0.1) is 11.3 Å². The first-order chi connectivity index (χ1) is 12.9. The molecule has 148 valence electrons. The first kappa shape index (κ1) is 18.9. The van der Waals surface area contributed by atoms with Crippen molar-refractivity contribution in [2.45, 2.75) is 57.9 Å². The van der Waals surface area contributed by atoms with Crippen LogP contribution < -0.4 is 5.32 Å². The molecule has 0 atom stereocenters. The lowest BCUT2D eigenvalue weighted by Gasteiger charge is -2.59. The summed E-state index contributed by atoms with van der Waals surface area (Å²) >= 11 is 1.43. The van der Waals surface area contributed by atoms with Gasteiger partial charge in [0.25, 0.3) is 0 Å². The van der Waals surface area contributed by atoms with Crippen LogP contribution in [0, 0.1) is 24.7 Å². The highest BCUT2D eigenvalue weighted by molar-refractivity contribution is 7.16. The second kappa shape index (κ2) is 7.21. The summed E-state index contributed by atoms with van der Waals surface area (Å²) < 4.78 is 5.12. The van der Waals surface area contributed by atoms with E-state index >= 15 is 0 Å². The highest BCUT2D eigenvalue weighted by Crippen LogP contribution is 2.57. The quantitative estimate of drug-likeness (QED) is 0.744. The minimum atomic E-state index is -0.369. The van der Waals surface area contributed by atoms with Crippen molar-refractivity contribution in [3.8, 4) is 0 Å². The molecule has 0 radical (unpaired) electrons. The minimum Gasteiger partial charge on any atom is -0.462 e. The SMILES string of the molecule is CCOC(=O)c1cc(C)sc1NC(=O)CN(C)C12CC3CC(CC(C3)C1)C2. The lowest BCUT2D eigenvalue weighted by atomic mass is 9.52. The van der Waals surface area contributed by atoms with E-state index < -0.39 is 0 Å². The first-order valence-corrected chi connectivity index (χ1v) is 11.0. The molecule has 1 aromatic rings. The molecule has 6 heteroatoms. The number of hydrogen-bond donors (Lipinski definition) is 1. The Hall–Kier alpha value is -1.40. The number of likely N-dealkylation sites (N-methyl/N-ethyl adjacent to an activating group) is 1. The van der Waals surface area contributed by atoms with Crippen LogP contribution in [0.1, 0.15) is 60.7 Å². The van der Waals surface area contributed by atoms with Gasteiger partial charge in [-0.25, -0.2) is 4.79 Å². The van der Waals surface area contributed by atoms with Crippen molar-refractivity contribution in [3.05, 3.63) is 16.5 Å². The number of rotatable bonds is 6. The Balaban J connectivity index is 1.42. The predicted octanol–water partition coefficient (Wildman–Crippen LogP) is 4.07. The Labute approximate surface area is 165 Å². The molecule has 27 heavy (non-hydrogen) atoms. The maximum atomic E-state index is 12.8. The average molecular weight is 391 g/mol. The summed E-state index contributed by atoms with van der Waals surface area (Å²) in [7, 11) is 2.11. The van der Waals surface area contributed by atoms with Gasteiger partial charge in [-0.1, -0.05) is 0 Å². The van der Waals surface area contributed by atoms with Crippen LogP contribution in [0.3, 0.4) is 0 Å². The number of amides is 1. The van der Waals surface area contributed by atoms with Crippen LogP contribution in [0.25, 0.3) is 0 Å². The molecule has 0 unspecified atom stereocenters. The number of carbonyl (C=O) groups excluding carboxylic acids is 2. The Morgan fingerprint density at radius 2 is 1.81 bits per heavy atom. The smallest absolute Gasteiger partial charge is 0.341 e. The number of nitrogens with one attached hydrogen (secondary N) is 1. The fraction of sp³-hybridized carbons (Fsp3) is 0.714. The van der Waals surface area contributed by atoms with E-state index in [9.17, 15) is 9.59 Å². The van der Waals surface area contributed by atoms with E-state index in [-0.39, 0.29) is 17.4 Å². The number of anilines is 1. The Kier molecular flexibility index (Phi) is 5.06. The van der Waals surface area contributed by atoms with Crippen molar-refractivity contribution >= 4 is 28.2 Å². The summed E-state index contributed by atoms with van der Waals surface area (Å²) in [6, 6.07) is 1.79. The van der Waals surface area contributed by atoms with Crippen LogP contribution in [0.5, 0.6) is 0 Å². The van der Waals surface area contributed by atoms with Gasteiger partial charge in [-0.2, -0.15) is 0 Å². The van der Waals surface area contributed by atoms with Gasteiger partial charge in [0.05, 0.1) is 18.7 Å². The first-order valence-electron chi connectivity index (χ1n) is 10.2. The number of carbonyl (C=O) groups is 2. The number of hydrogen-bond acceptors (Lipinski definition) is 5. The zero-order valence-corrected chi connectivity index (χ0v) is 17.4. The summed E-state index contributed by atoms with van der Waals surface area (Å²) in [5.74, 6) is 2.17. The van der Waals surface area contributed by atoms with Gasteiger partial charge in [-0.05, 0) is 83.2 Å². The predicted molar refractivity (Wildman–Crippen MR) is 107 cm³/mol. The van der Waals surface area contributed by atoms with Gasteiger partial charge >= 0.3 is 5.97 Å². The molecule has 1 amide bonds. The molecule has 1 N–H and O–H groups in total. The van der Waals surface area contributed by atoms with Crippen LogP contribution >= 0.6 is 11.3 Å². The molecule has 1 heterocycles. The van der Waals surface area contributed by atoms with Crippen LogP contribution in [0.2, 0.25) is 0 Å². The third-order valence-electron chi connectivity index (χ3n) is 6.80. The summed E-state index contributed by atoms with van der Waals surface area (Å²) in [4.78, 5) is 28.2.